The van der Waals surface area contributed by atoms with Gasteiger partial charge in [-0.2, -0.15) is 0 Å². The van der Waals surface area contributed by atoms with Gasteiger partial charge in [0, 0.05) is 5.69 Å². The van der Waals surface area contributed by atoms with E-state index in [1.165, 1.54) is 76.3 Å². The number of hydrogen-bond donors (Lipinski definition) is 2. The van der Waals surface area contributed by atoms with Crippen molar-refractivity contribution in [1.29, 1.82) is 0 Å². The van der Waals surface area contributed by atoms with Crippen LogP contribution < -0.4 is 10.1 Å². The lowest BCUT2D eigenvalue weighted by Crippen LogP contribution is -2.16. The lowest BCUT2D eigenvalue weighted by Gasteiger charge is -2.11. The number of halogens is 1. The van der Waals surface area contributed by atoms with Gasteiger partial charge < -0.3 is 15.2 Å². The average molecular weight is 488 g/mol. The Morgan fingerprint density at radius 1 is 0.824 bits per heavy atom. The standard InChI is InChI=1S/C28H38ClNO4/c1-2-3-4-5-6-7-8-9-10-11-12-15-20-34-26-19-18-22(21-25(26)29)30-27(31)23-16-13-14-17-24(23)28(32)33/h13-14,16-19,21H,2-12,15,20H2,1H3,(H,30,31)(H,32,33). The SMILES string of the molecule is CCCCCCCCCCCCCCOc1ccc(NC(=O)c2ccccc2C(=O)O)cc1Cl. The molecule has 5 nitrogen and oxygen atoms in total. The van der Waals surface area contributed by atoms with E-state index in [2.05, 4.69) is 12.2 Å². The molecule has 0 fully saturated rings. The Balaban J connectivity index is 1.64. The zero-order valence-corrected chi connectivity index (χ0v) is 21.0. The third-order valence-electron chi connectivity index (χ3n) is 5.85. The van der Waals surface area contributed by atoms with Crippen molar-refractivity contribution in [1.82, 2.24) is 0 Å². The average Bonchev–Trinajstić information content (AvgIpc) is 2.83. The molecule has 0 aliphatic rings. The van der Waals surface area contributed by atoms with Crippen LogP contribution in [-0.2, 0) is 0 Å². The van der Waals surface area contributed by atoms with Crippen LogP contribution in [0, 0.1) is 0 Å². The highest BCUT2D eigenvalue weighted by molar-refractivity contribution is 6.32. The Kier molecular flexibility index (Phi) is 13.2. The van der Waals surface area contributed by atoms with Crippen molar-refractivity contribution >= 4 is 29.2 Å². The molecule has 0 saturated heterocycles. The van der Waals surface area contributed by atoms with Gasteiger partial charge in [-0.3, -0.25) is 4.79 Å². The van der Waals surface area contributed by atoms with Gasteiger partial charge in [-0.15, -0.1) is 0 Å². The third-order valence-corrected chi connectivity index (χ3v) is 6.14. The fraction of sp³-hybridized carbons (Fsp3) is 0.500. The number of ether oxygens (including phenoxy) is 1. The first-order valence-electron chi connectivity index (χ1n) is 12.6. The minimum absolute atomic E-state index is 0.0477. The Morgan fingerprint density at radius 2 is 1.38 bits per heavy atom. The molecule has 2 aromatic carbocycles. The Morgan fingerprint density at radius 3 is 1.94 bits per heavy atom. The number of unbranched alkanes of at least 4 members (excludes halogenated alkanes) is 11. The highest BCUT2D eigenvalue weighted by Gasteiger charge is 2.16. The monoisotopic (exact) mass is 487 g/mol. The van der Waals surface area contributed by atoms with Crippen LogP contribution in [-0.4, -0.2) is 23.6 Å². The van der Waals surface area contributed by atoms with Crippen molar-refractivity contribution in [2.24, 2.45) is 0 Å². The third kappa shape index (κ3) is 10.2. The molecule has 34 heavy (non-hydrogen) atoms. The molecule has 0 aromatic heterocycles. The molecular weight excluding hydrogens is 450 g/mol. The van der Waals surface area contributed by atoms with Crippen molar-refractivity contribution < 1.29 is 19.4 Å². The number of anilines is 1. The van der Waals surface area contributed by atoms with Crippen LogP contribution in [0.1, 0.15) is 105 Å². The molecule has 0 bridgehead atoms. The molecular formula is C28H38ClNO4. The Labute approximate surface area is 208 Å². The number of carboxylic acid groups (broad SMARTS) is 1. The summed E-state index contributed by atoms with van der Waals surface area (Å²) in [7, 11) is 0. The van der Waals surface area contributed by atoms with Gasteiger partial charge in [0.05, 0.1) is 22.8 Å². The number of nitrogens with one attached hydrogen (secondary N) is 1. The second-order valence-corrected chi connectivity index (χ2v) is 9.09. The first-order chi connectivity index (χ1) is 16.5. The molecule has 0 spiro atoms. The summed E-state index contributed by atoms with van der Waals surface area (Å²) < 4.78 is 5.80. The van der Waals surface area contributed by atoms with E-state index in [1.807, 2.05) is 0 Å². The topological polar surface area (TPSA) is 75.6 Å². The lowest BCUT2D eigenvalue weighted by molar-refractivity contribution is 0.0692. The van der Waals surface area contributed by atoms with Gasteiger partial charge in [-0.1, -0.05) is 101 Å². The van der Waals surface area contributed by atoms with E-state index in [0.29, 0.717) is 23.1 Å². The van der Waals surface area contributed by atoms with Gasteiger partial charge in [0.1, 0.15) is 5.75 Å². The number of rotatable bonds is 17. The summed E-state index contributed by atoms with van der Waals surface area (Å²) in [6, 6.07) is 11.1. The van der Waals surface area contributed by atoms with Crippen molar-refractivity contribution in [3.8, 4) is 5.75 Å². The van der Waals surface area contributed by atoms with Gasteiger partial charge in [0.2, 0.25) is 0 Å². The maximum absolute atomic E-state index is 12.5. The zero-order chi connectivity index (χ0) is 24.6. The minimum Gasteiger partial charge on any atom is -0.492 e. The molecule has 2 N–H and O–H groups in total. The van der Waals surface area contributed by atoms with E-state index in [9.17, 15) is 14.7 Å². The first kappa shape index (κ1) is 27.7. The van der Waals surface area contributed by atoms with Gasteiger partial charge >= 0.3 is 5.97 Å². The Hall–Kier alpha value is -2.53. The van der Waals surface area contributed by atoms with Crippen LogP contribution in [0.4, 0.5) is 5.69 Å². The number of carboxylic acids is 1. The maximum atomic E-state index is 12.5. The maximum Gasteiger partial charge on any atom is 0.336 e. The van der Waals surface area contributed by atoms with Gasteiger partial charge in [-0.05, 0) is 36.8 Å². The predicted molar refractivity (Wildman–Crippen MR) is 139 cm³/mol. The summed E-state index contributed by atoms with van der Waals surface area (Å²) in [6.07, 6.45) is 15.5. The number of aromatic carboxylic acids is 1. The van der Waals surface area contributed by atoms with Crippen molar-refractivity contribution in [2.75, 3.05) is 11.9 Å². The number of benzene rings is 2. The zero-order valence-electron chi connectivity index (χ0n) is 20.3. The molecule has 0 aliphatic carbocycles. The summed E-state index contributed by atoms with van der Waals surface area (Å²) in [6.45, 7) is 2.86. The minimum atomic E-state index is -1.15. The number of amides is 1. The van der Waals surface area contributed by atoms with Crippen LogP contribution in [0.3, 0.4) is 0 Å². The normalized spacial score (nSPS) is 10.8. The molecule has 2 rings (SSSR count). The van der Waals surface area contributed by atoms with Crippen LogP contribution in [0.15, 0.2) is 42.5 Å². The molecule has 0 saturated carbocycles. The second-order valence-electron chi connectivity index (χ2n) is 8.69. The number of carbonyl (C=O) groups is 2. The van der Waals surface area contributed by atoms with Gasteiger partial charge in [0.15, 0.2) is 0 Å². The van der Waals surface area contributed by atoms with E-state index in [4.69, 9.17) is 16.3 Å². The molecule has 0 unspecified atom stereocenters. The van der Waals surface area contributed by atoms with Crippen molar-refractivity contribution in [2.45, 2.75) is 84.0 Å². The smallest absolute Gasteiger partial charge is 0.336 e. The molecule has 2 aromatic rings. The highest BCUT2D eigenvalue weighted by atomic mass is 35.5. The first-order valence-corrected chi connectivity index (χ1v) is 13.0. The molecule has 0 radical (unpaired) electrons. The quantitative estimate of drug-likeness (QED) is 0.220. The van der Waals surface area contributed by atoms with E-state index >= 15 is 0 Å². The van der Waals surface area contributed by atoms with Crippen LogP contribution in [0.5, 0.6) is 5.75 Å². The number of carbonyl (C=O) groups excluding carboxylic acids is 1. The lowest BCUT2D eigenvalue weighted by atomic mass is 10.1. The fourth-order valence-corrected chi connectivity index (χ4v) is 4.12. The second kappa shape index (κ2) is 16.2. The summed E-state index contributed by atoms with van der Waals surface area (Å²) in [5, 5.41) is 12.4. The summed E-state index contributed by atoms with van der Waals surface area (Å²) >= 11 is 6.32. The van der Waals surface area contributed by atoms with Gasteiger partial charge in [0.25, 0.3) is 5.91 Å². The van der Waals surface area contributed by atoms with E-state index in [-0.39, 0.29) is 11.1 Å². The molecule has 1 amide bonds. The summed E-state index contributed by atoms with van der Waals surface area (Å²) in [5.41, 5.74) is 0.528. The molecule has 6 heteroatoms. The van der Waals surface area contributed by atoms with E-state index < -0.39 is 11.9 Å². The van der Waals surface area contributed by atoms with Gasteiger partial charge in [-0.25, -0.2) is 4.79 Å². The highest BCUT2D eigenvalue weighted by Crippen LogP contribution is 2.28. The van der Waals surface area contributed by atoms with E-state index in [0.717, 1.165) is 12.8 Å². The molecule has 0 heterocycles. The summed E-state index contributed by atoms with van der Waals surface area (Å²) in [4.78, 5) is 23.8. The van der Waals surface area contributed by atoms with Crippen LogP contribution in [0.2, 0.25) is 5.02 Å². The van der Waals surface area contributed by atoms with Crippen molar-refractivity contribution in [3.63, 3.8) is 0 Å². The predicted octanol–water partition coefficient (Wildman–Crippen LogP) is 8.37. The molecule has 0 atom stereocenters. The van der Waals surface area contributed by atoms with Crippen LogP contribution in [0.25, 0.3) is 0 Å². The fourth-order valence-electron chi connectivity index (χ4n) is 3.89. The van der Waals surface area contributed by atoms with Crippen LogP contribution >= 0.6 is 11.6 Å². The molecule has 0 aliphatic heterocycles. The Bertz CT molecular complexity index is 900. The van der Waals surface area contributed by atoms with Crippen molar-refractivity contribution in [3.05, 3.63) is 58.6 Å². The summed E-state index contributed by atoms with van der Waals surface area (Å²) in [5.74, 6) is -1.07. The van der Waals surface area contributed by atoms with E-state index in [1.54, 1.807) is 30.3 Å². The molecule has 186 valence electrons. The number of hydrogen-bond acceptors (Lipinski definition) is 3. The largest absolute Gasteiger partial charge is 0.492 e.